The van der Waals surface area contributed by atoms with Crippen LogP contribution in [0.1, 0.15) is 19.4 Å². The summed E-state index contributed by atoms with van der Waals surface area (Å²) >= 11 is 0. The average Bonchev–Trinajstić information content (AvgIpc) is 2.27. The number of benzene rings is 1. The zero-order valence-electron chi connectivity index (χ0n) is 11.2. The summed E-state index contributed by atoms with van der Waals surface area (Å²) in [5, 5.41) is 10.1. The van der Waals surface area contributed by atoms with Gasteiger partial charge in [0.05, 0.1) is 4.90 Å². The highest BCUT2D eigenvalue weighted by Gasteiger charge is 2.49. The third-order valence-electron chi connectivity index (χ3n) is 3.51. The maximum Gasteiger partial charge on any atom is 0.501 e. The van der Waals surface area contributed by atoms with E-state index in [9.17, 15) is 26.7 Å². The monoisotopic (exact) mass is 325 g/mol. The summed E-state index contributed by atoms with van der Waals surface area (Å²) in [6.07, 6.45) is -0.226. The van der Waals surface area contributed by atoms with E-state index < -0.39 is 31.6 Å². The highest BCUT2D eigenvalue weighted by Crippen LogP contribution is 2.39. The lowest BCUT2D eigenvalue weighted by atomic mass is 9.85. The van der Waals surface area contributed by atoms with Gasteiger partial charge < -0.3 is 15.6 Å². The van der Waals surface area contributed by atoms with E-state index >= 15 is 0 Å². The van der Waals surface area contributed by atoms with Crippen molar-refractivity contribution in [3.8, 4) is 5.75 Å². The van der Waals surface area contributed by atoms with Crippen molar-refractivity contribution in [2.24, 2.45) is 5.73 Å². The van der Waals surface area contributed by atoms with Crippen LogP contribution in [-0.4, -0.2) is 30.4 Å². The molecule has 9 heteroatoms. The molecule has 0 aromatic heterocycles. The maximum absolute atomic E-state index is 12.5. The average molecular weight is 325 g/mol. The normalized spacial score (nSPS) is 25.1. The first-order valence-corrected chi connectivity index (χ1v) is 7.41. The molecular formula is C12H14F3NO4S. The lowest BCUT2D eigenvalue weighted by Gasteiger charge is -2.44. The molecule has 0 saturated heterocycles. The van der Waals surface area contributed by atoms with E-state index in [1.807, 2.05) is 0 Å². The number of hydrogen-bond acceptors (Lipinski definition) is 5. The molecule has 118 valence electrons. The summed E-state index contributed by atoms with van der Waals surface area (Å²) in [6, 6.07) is 2.77. The van der Waals surface area contributed by atoms with Gasteiger partial charge in [0.15, 0.2) is 5.72 Å². The molecule has 0 spiro atoms. The molecule has 21 heavy (non-hydrogen) atoms. The zero-order chi connectivity index (χ0) is 16.3. The Morgan fingerprint density at radius 1 is 1.33 bits per heavy atom. The van der Waals surface area contributed by atoms with E-state index in [-0.39, 0.29) is 17.7 Å². The van der Waals surface area contributed by atoms with E-state index in [2.05, 4.69) is 0 Å². The van der Waals surface area contributed by atoms with E-state index in [4.69, 9.17) is 10.5 Å². The fourth-order valence-electron chi connectivity index (χ4n) is 1.96. The smallest absolute Gasteiger partial charge is 0.483 e. The number of rotatable bonds is 1. The van der Waals surface area contributed by atoms with E-state index in [0.29, 0.717) is 0 Å². The van der Waals surface area contributed by atoms with Gasteiger partial charge in [-0.2, -0.15) is 13.2 Å². The second kappa shape index (κ2) is 4.34. The zero-order valence-corrected chi connectivity index (χ0v) is 12.0. The third kappa shape index (κ3) is 2.49. The summed E-state index contributed by atoms with van der Waals surface area (Å²) in [5.41, 5.74) is -2.61. The molecule has 3 N–H and O–H groups in total. The van der Waals surface area contributed by atoms with Gasteiger partial charge in [-0.05, 0) is 37.6 Å². The Bertz CT molecular complexity index is 680. The Labute approximate surface area is 119 Å². The Balaban J connectivity index is 2.53. The molecule has 0 saturated carbocycles. The maximum atomic E-state index is 12.5. The number of sulfone groups is 1. The minimum Gasteiger partial charge on any atom is -0.483 e. The van der Waals surface area contributed by atoms with Gasteiger partial charge in [0.25, 0.3) is 9.84 Å². The van der Waals surface area contributed by atoms with Crippen LogP contribution >= 0.6 is 0 Å². The summed E-state index contributed by atoms with van der Waals surface area (Å²) in [6.45, 7) is 3.05. The Morgan fingerprint density at radius 3 is 2.43 bits per heavy atom. The molecule has 0 bridgehead atoms. The van der Waals surface area contributed by atoms with E-state index in [0.717, 1.165) is 18.2 Å². The molecule has 0 amide bonds. The Morgan fingerprint density at radius 2 is 1.90 bits per heavy atom. The van der Waals surface area contributed by atoms with Crippen molar-refractivity contribution in [2.75, 3.05) is 0 Å². The lowest BCUT2D eigenvalue weighted by molar-refractivity contribution is -0.123. The van der Waals surface area contributed by atoms with Crippen LogP contribution in [0.5, 0.6) is 5.75 Å². The third-order valence-corrected chi connectivity index (χ3v) is 5.00. The largest absolute Gasteiger partial charge is 0.501 e. The molecule has 1 aromatic rings. The SMILES string of the molecule is CC1(C)Oc2ccc(S(=O)(=O)C(F)(F)F)cc2CC1(N)O. The van der Waals surface area contributed by atoms with E-state index in [1.165, 1.54) is 13.8 Å². The lowest BCUT2D eigenvalue weighted by Crippen LogP contribution is -2.63. The molecule has 1 atom stereocenters. The van der Waals surface area contributed by atoms with Crippen LogP contribution < -0.4 is 10.5 Å². The fraction of sp³-hybridized carbons (Fsp3) is 0.500. The van der Waals surface area contributed by atoms with Crippen molar-refractivity contribution in [3.63, 3.8) is 0 Å². The minimum absolute atomic E-state index is 0.102. The number of ether oxygens (including phenoxy) is 1. The molecule has 1 aromatic carbocycles. The number of halogens is 3. The molecule has 0 aliphatic carbocycles. The second-order valence-corrected chi connectivity index (χ2v) is 7.37. The van der Waals surface area contributed by atoms with Crippen molar-refractivity contribution in [2.45, 2.75) is 42.0 Å². The van der Waals surface area contributed by atoms with Crippen LogP contribution in [0.3, 0.4) is 0 Å². The number of hydrogen-bond donors (Lipinski definition) is 2. The first-order valence-electron chi connectivity index (χ1n) is 5.92. The Hall–Kier alpha value is -1.32. The predicted octanol–water partition coefficient (Wildman–Crippen LogP) is 1.34. The van der Waals surface area contributed by atoms with Crippen molar-refractivity contribution in [3.05, 3.63) is 23.8 Å². The van der Waals surface area contributed by atoms with Crippen LogP contribution in [0.15, 0.2) is 23.1 Å². The molecule has 2 rings (SSSR count). The van der Waals surface area contributed by atoms with Gasteiger partial charge in [0.2, 0.25) is 0 Å². The van der Waals surface area contributed by atoms with Gasteiger partial charge in [-0.15, -0.1) is 0 Å². The molecule has 1 heterocycles. The standard InChI is InChI=1S/C12H14F3NO4S/c1-10(2)11(16,17)6-7-5-8(3-4-9(7)20-10)21(18,19)12(13,14)15/h3-5,17H,6,16H2,1-2H3. The first-order chi connectivity index (χ1) is 9.28. The van der Waals surface area contributed by atoms with Gasteiger partial charge in [-0.1, -0.05) is 0 Å². The Kier molecular flexibility index (Phi) is 3.32. The topological polar surface area (TPSA) is 89.6 Å². The van der Waals surface area contributed by atoms with Gasteiger partial charge >= 0.3 is 5.51 Å². The molecule has 1 aliphatic rings. The number of alkyl halides is 3. The highest BCUT2D eigenvalue weighted by atomic mass is 32.2. The van der Waals surface area contributed by atoms with Crippen LogP contribution in [0, 0.1) is 0 Å². The summed E-state index contributed by atoms with van der Waals surface area (Å²) in [4.78, 5) is -0.909. The van der Waals surface area contributed by atoms with Gasteiger partial charge in [0.1, 0.15) is 11.4 Å². The highest BCUT2D eigenvalue weighted by molar-refractivity contribution is 7.92. The fourth-order valence-corrected chi connectivity index (χ4v) is 2.77. The minimum atomic E-state index is -5.45. The second-order valence-electron chi connectivity index (χ2n) is 5.43. The van der Waals surface area contributed by atoms with Crippen molar-refractivity contribution in [1.82, 2.24) is 0 Å². The van der Waals surface area contributed by atoms with Crippen molar-refractivity contribution >= 4 is 9.84 Å². The van der Waals surface area contributed by atoms with Crippen molar-refractivity contribution < 1.29 is 31.4 Å². The molecule has 0 radical (unpaired) electrons. The predicted molar refractivity (Wildman–Crippen MR) is 67.2 cm³/mol. The number of fused-ring (bicyclic) bond motifs is 1. The van der Waals surface area contributed by atoms with Crippen LogP contribution in [0.2, 0.25) is 0 Å². The van der Waals surface area contributed by atoms with Gasteiger partial charge in [-0.25, -0.2) is 8.42 Å². The molecule has 1 unspecified atom stereocenters. The first kappa shape index (κ1) is 16.1. The quantitative estimate of drug-likeness (QED) is 0.761. The molecule has 1 aliphatic heterocycles. The summed E-state index contributed by atoms with van der Waals surface area (Å²) in [7, 11) is -5.45. The molecule has 0 fully saturated rings. The molecule has 5 nitrogen and oxygen atoms in total. The van der Waals surface area contributed by atoms with Crippen LogP contribution in [0.4, 0.5) is 13.2 Å². The van der Waals surface area contributed by atoms with Crippen LogP contribution in [0.25, 0.3) is 0 Å². The summed E-state index contributed by atoms with van der Waals surface area (Å²) in [5.74, 6) is 0.191. The number of nitrogens with two attached hydrogens (primary N) is 1. The summed E-state index contributed by atoms with van der Waals surface area (Å²) < 4.78 is 65.8. The van der Waals surface area contributed by atoms with E-state index in [1.54, 1.807) is 0 Å². The number of aliphatic hydroxyl groups is 1. The molecular weight excluding hydrogens is 311 g/mol. The van der Waals surface area contributed by atoms with Crippen molar-refractivity contribution in [1.29, 1.82) is 0 Å². The van der Waals surface area contributed by atoms with Gasteiger partial charge in [-0.3, -0.25) is 0 Å². The van der Waals surface area contributed by atoms with Gasteiger partial charge in [0, 0.05) is 6.42 Å². The van der Waals surface area contributed by atoms with Crippen LogP contribution in [-0.2, 0) is 16.3 Å².